The van der Waals surface area contributed by atoms with Gasteiger partial charge >= 0.3 is 37.7 Å². The first-order valence-corrected chi connectivity index (χ1v) is 6.74. The van der Waals surface area contributed by atoms with Gasteiger partial charge in [-0.05, 0) is 19.3 Å². The standard InChI is InChI=1S/C8H15NOS2.Ca.2H/c9-8(10)4-2-1-3-7-5-6-11-12-7;;;/h7H,1-6H2,(H2,9,10);;;. The molecule has 0 aromatic carbocycles. The van der Waals surface area contributed by atoms with Crippen LogP contribution < -0.4 is 5.73 Å². The number of hydrogen-bond donors (Lipinski definition) is 1. The summed E-state index contributed by atoms with van der Waals surface area (Å²) in [6.45, 7) is 0. The van der Waals surface area contributed by atoms with Crippen LogP contribution >= 0.6 is 21.6 Å². The fourth-order valence-electron chi connectivity index (χ4n) is 1.24. The van der Waals surface area contributed by atoms with E-state index in [2.05, 4.69) is 0 Å². The van der Waals surface area contributed by atoms with E-state index in [1.54, 1.807) is 0 Å². The average Bonchev–Trinajstić information content (AvgIpc) is 2.49. The molecule has 1 rings (SSSR count). The first-order chi connectivity index (χ1) is 5.79. The van der Waals surface area contributed by atoms with Crippen molar-refractivity contribution < 1.29 is 4.79 Å². The van der Waals surface area contributed by atoms with Crippen LogP contribution in [0.3, 0.4) is 0 Å². The summed E-state index contributed by atoms with van der Waals surface area (Å²) in [6.07, 6.45) is 5.28. The Morgan fingerprint density at radius 3 is 2.77 bits per heavy atom. The van der Waals surface area contributed by atoms with Gasteiger partial charge in [-0.1, -0.05) is 28.0 Å². The molecule has 1 unspecified atom stereocenters. The van der Waals surface area contributed by atoms with Crippen molar-refractivity contribution in [1.82, 2.24) is 0 Å². The molecule has 1 atom stereocenters. The fraction of sp³-hybridized carbons (Fsp3) is 0.875. The molecule has 74 valence electrons. The van der Waals surface area contributed by atoms with Gasteiger partial charge in [0.1, 0.15) is 0 Å². The third-order valence-corrected chi connectivity index (χ3v) is 4.93. The minimum atomic E-state index is -0.163. The minimum absolute atomic E-state index is 0. The Bertz CT molecular complexity index is 151. The normalized spacial score (nSPS) is 21.1. The van der Waals surface area contributed by atoms with Crippen molar-refractivity contribution in [2.75, 3.05) is 5.75 Å². The first-order valence-electron chi connectivity index (χ1n) is 4.35. The second-order valence-corrected chi connectivity index (χ2v) is 5.83. The van der Waals surface area contributed by atoms with Crippen LogP contribution in [0.4, 0.5) is 0 Å². The van der Waals surface area contributed by atoms with E-state index < -0.39 is 0 Å². The number of primary amides is 1. The molecule has 0 aliphatic carbocycles. The predicted octanol–water partition coefficient (Wildman–Crippen LogP) is 1.27. The molecule has 0 aromatic rings. The summed E-state index contributed by atoms with van der Waals surface area (Å²) in [5, 5.41) is 0.836. The van der Waals surface area contributed by atoms with Gasteiger partial charge in [0.15, 0.2) is 0 Å². The summed E-state index contributed by atoms with van der Waals surface area (Å²) in [5.74, 6) is 1.13. The average molecular weight is 247 g/mol. The van der Waals surface area contributed by atoms with Gasteiger partial charge in [0.2, 0.25) is 5.91 Å². The Labute approximate surface area is 118 Å². The molecule has 13 heavy (non-hydrogen) atoms. The third kappa shape index (κ3) is 7.37. The summed E-state index contributed by atoms with van der Waals surface area (Å²) in [4.78, 5) is 10.4. The summed E-state index contributed by atoms with van der Waals surface area (Å²) < 4.78 is 0. The van der Waals surface area contributed by atoms with E-state index in [0.29, 0.717) is 6.42 Å². The molecule has 2 N–H and O–H groups in total. The molecular weight excluding hydrogens is 230 g/mol. The Kier molecular flexibility index (Phi) is 9.67. The Balaban J connectivity index is 0.00000144. The van der Waals surface area contributed by atoms with Crippen LogP contribution in [-0.2, 0) is 4.79 Å². The van der Waals surface area contributed by atoms with Crippen LogP contribution in [0.5, 0.6) is 0 Å². The van der Waals surface area contributed by atoms with Crippen molar-refractivity contribution in [1.29, 1.82) is 0 Å². The Morgan fingerprint density at radius 1 is 1.46 bits per heavy atom. The van der Waals surface area contributed by atoms with Crippen LogP contribution in [-0.4, -0.2) is 54.6 Å². The Morgan fingerprint density at radius 2 is 2.23 bits per heavy atom. The van der Waals surface area contributed by atoms with Crippen molar-refractivity contribution in [2.24, 2.45) is 5.73 Å². The number of carbonyl (C=O) groups excluding carboxylic acids is 1. The fourth-order valence-corrected chi connectivity index (χ4v) is 4.26. The summed E-state index contributed by atoms with van der Waals surface area (Å²) in [6, 6.07) is 0. The molecule has 1 aliphatic rings. The maximum atomic E-state index is 10.4. The summed E-state index contributed by atoms with van der Waals surface area (Å²) in [5.41, 5.74) is 5.04. The maximum absolute atomic E-state index is 10.4. The van der Waals surface area contributed by atoms with E-state index in [1.807, 2.05) is 21.6 Å². The summed E-state index contributed by atoms with van der Waals surface area (Å²) in [7, 11) is 3.97. The second kappa shape index (κ2) is 8.72. The van der Waals surface area contributed by atoms with Crippen LogP contribution in [0.15, 0.2) is 0 Å². The van der Waals surface area contributed by atoms with Crippen LogP contribution in [0.25, 0.3) is 0 Å². The topological polar surface area (TPSA) is 43.1 Å². The molecule has 1 fully saturated rings. The molecule has 0 spiro atoms. The van der Waals surface area contributed by atoms with Crippen molar-refractivity contribution >= 4 is 65.2 Å². The first kappa shape index (κ1) is 14.4. The number of hydrogen-bond acceptors (Lipinski definition) is 3. The van der Waals surface area contributed by atoms with E-state index in [1.165, 1.54) is 18.6 Å². The molecule has 0 radical (unpaired) electrons. The molecule has 1 aliphatic heterocycles. The van der Waals surface area contributed by atoms with Crippen molar-refractivity contribution in [3.63, 3.8) is 0 Å². The summed E-state index contributed by atoms with van der Waals surface area (Å²) >= 11 is 0. The molecule has 0 aromatic heterocycles. The molecule has 1 saturated heterocycles. The zero-order valence-corrected chi connectivity index (χ0v) is 8.76. The number of amides is 1. The van der Waals surface area contributed by atoms with Crippen LogP contribution in [0.1, 0.15) is 32.1 Å². The van der Waals surface area contributed by atoms with Gasteiger partial charge in [-0.25, -0.2) is 0 Å². The van der Waals surface area contributed by atoms with Gasteiger partial charge in [0.05, 0.1) is 0 Å². The van der Waals surface area contributed by atoms with E-state index in [0.717, 1.165) is 18.1 Å². The van der Waals surface area contributed by atoms with Crippen molar-refractivity contribution in [3.05, 3.63) is 0 Å². The van der Waals surface area contributed by atoms with E-state index in [4.69, 9.17) is 5.73 Å². The SMILES string of the molecule is NC(=O)CCCCC1CCSS1.[CaH2]. The third-order valence-electron chi connectivity index (χ3n) is 1.93. The number of unbranched alkanes of at least 4 members (excludes halogenated alkanes) is 1. The van der Waals surface area contributed by atoms with Crippen LogP contribution in [0.2, 0.25) is 0 Å². The number of nitrogens with two attached hydrogens (primary N) is 1. The monoisotopic (exact) mass is 247 g/mol. The molecule has 2 nitrogen and oxygen atoms in total. The van der Waals surface area contributed by atoms with E-state index in [-0.39, 0.29) is 43.6 Å². The Hall–Kier alpha value is 1.43. The van der Waals surface area contributed by atoms with Gasteiger partial charge in [0, 0.05) is 17.4 Å². The molecule has 0 saturated carbocycles. The quantitative estimate of drug-likeness (QED) is 0.452. The van der Waals surface area contributed by atoms with E-state index >= 15 is 0 Å². The number of carbonyl (C=O) groups is 1. The van der Waals surface area contributed by atoms with Crippen molar-refractivity contribution in [3.8, 4) is 0 Å². The van der Waals surface area contributed by atoms with Crippen LogP contribution in [0, 0.1) is 0 Å². The molecule has 1 amide bonds. The number of rotatable bonds is 5. The van der Waals surface area contributed by atoms with Gasteiger partial charge in [-0.15, -0.1) is 0 Å². The van der Waals surface area contributed by atoms with Gasteiger partial charge < -0.3 is 5.73 Å². The van der Waals surface area contributed by atoms with Gasteiger partial charge in [-0.2, -0.15) is 0 Å². The van der Waals surface area contributed by atoms with Gasteiger partial charge in [0.25, 0.3) is 0 Å². The van der Waals surface area contributed by atoms with Gasteiger partial charge in [-0.3, -0.25) is 4.79 Å². The zero-order valence-electron chi connectivity index (χ0n) is 7.12. The molecule has 5 heteroatoms. The molecule has 0 bridgehead atoms. The molecule has 1 heterocycles. The van der Waals surface area contributed by atoms with Crippen molar-refractivity contribution in [2.45, 2.75) is 37.4 Å². The zero-order chi connectivity index (χ0) is 8.81. The second-order valence-electron chi connectivity index (χ2n) is 3.04. The predicted molar refractivity (Wildman–Crippen MR) is 64.7 cm³/mol. The van der Waals surface area contributed by atoms with E-state index in [9.17, 15) is 4.79 Å². The molecular formula is C8H17CaNOS2.